The Kier molecular flexibility index (Phi) is 2.59. The van der Waals surface area contributed by atoms with E-state index in [0.29, 0.717) is 6.42 Å². The minimum atomic E-state index is -0.0637. The molecule has 70 valence electrons. The Balaban J connectivity index is 2.30. The molecule has 0 N–H and O–H groups in total. The van der Waals surface area contributed by atoms with Crippen LogP contribution in [-0.4, -0.2) is 5.78 Å². The van der Waals surface area contributed by atoms with Gasteiger partial charge in [0.25, 0.3) is 0 Å². The van der Waals surface area contributed by atoms with Gasteiger partial charge in [0, 0.05) is 6.42 Å². The molecule has 0 fully saturated rings. The first kappa shape index (κ1) is 8.95. The summed E-state index contributed by atoms with van der Waals surface area (Å²) in [5.74, 6) is 0.201. The highest BCUT2D eigenvalue weighted by atomic mass is 16.1. The second kappa shape index (κ2) is 4.05. The minimum absolute atomic E-state index is 0.0637. The van der Waals surface area contributed by atoms with Crippen molar-refractivity contribution in [2.24, 2.45) is 0 Å². The highest BCUT2D eigenvalue weighted by Gasteiger charge is 2.16. The van der Waals surface area contributed by atoms with Crippen molar-refractivity contribution in [3.05, 3.63) is 60.2 Å². The Morgan fingerprint density at radius 2 is 1.86 bits per heavy atom. The lowest BCUT2D eigenvalue weighted by Gasteiger charge is -2.09. The summed E-state index contributed by atoms with van der Waals surface area (Å²) >= 11 is 0. The fraction of sp³-hybridized carbons (Fsp3) is 0.154. The number of rotatable bonds is 1. The summed E-state index contributed by atoms with van der Waals surface area (Å²) in [6, 6.07) is 9.90. The summed E-state index contributed by atoms with van der Waals surface area (Å²) in [6.07, 6.45) is 8.28. The average molecular weight is 184 g/mol. The molecule has 1 nitrogen and oxygen atoms in total. The number of hydrogen-bond acceptors (Lipinski definition) is 1. The molecule has 0 aliphatic heterocycles. The van der Waals surface area contributed by atoms with Crippen LogP contribution in [0, 0.1) is 0 Å². The first-order valence-electron chi connectivity index (χ1n) is 4.79. The maximum absolute atomic E-state index is 11.7. The third-order valence-electron chi connectivity index (χ3n) is 2.38. The molecule has 0 bridgehead atoms. The second-order valence-corrected chi connectivity index (χ2v) is 3.37. The summed E-state index contributed by atoms with van der Waals surface area (Å²) in [6.45, 7) is 0. The van der Waals surface area contributed by atoms with Gasteiger partial charge < -0.3 is 0 Å². The summed E-state index contributed by atoms with van der Waals surface area (Å²) in [5, 5.41) is 0. The monoisotopic (exact) mass is 184 g/mol. The van der Waals surface area contributed by atoms with Gasteiger partial charge in [-0.25, -0.2) is 0 Å². The first-order chi connectivity index (χ1) is 6.88. The molecule has 1 heteroatoms. The van der Waals surface area contributed by atoms with Crippen molar-refractivity contribution in [2.45, 2.75) is 12.3 Å². The standard InChI is InChI=1S/C13H12O/c14-13-10-6-2-5-9-12(13)11-7-3-1-4-8-11/h1-9,12H,10H2. The maximum Gasteiger partial charge on any atom is 0.147 e. The molecule has 1 aromatic carbocycles. The zero-order chi connectivity index (χ0) is 9.80. The molecule has 2 rings (SSSR count). The van der Waals surface area contributed by atoms with Crippen LogP contribution in [0.25, 0.3) is 0 Å². The van der Waals surface area contributed by atoms with E-state index in [9.17, 15) is 4.79 Å². The van der Waals surface area contributed by atoms with Gasteiger partial charge in [0.05, 0.1) is 5.92 Å². The summed E-state index contributed by atoms with van der Waals surface area (Å²) in [7, 11) is 0. The lowest BCUT2D eigenvalue weighted by atomic mass is 9.94. The van der Waals surface area contributed by atoms with E-state index in [0.717, 1.165) is 5.56 Å². The molecular weight excluding hydrogens is 172 g/mol. The molecule has 1 aromatic rings. The van der Waals surface area contributed by atoms with Crippen LogP contribution in [0.2, 0.25) is 0 Å². The molecule has 14 heavy (non-hydrogen) atoms. The van der Waals surface area contributed by atoms with Gasteiger partial charge in [0.2, 0.25) is 0 Å². The average Bonchev–Trinajstić information content (AvgIpc) is 2.44. The zero-order valence-electron chi connectivity index (χ0n) is 7.89. The zero-order valence-corrected chi connectivity index (χ0v) is 7.89. The normalized spacial score (nSPS) is 20.9. The van der Waals surface area contributed by atoms with Gasteiger partial charge in [-0.2, -0.15) is 0 Å². The molecule has 1 aliphatic rings. The molecule has 1 unspecified atom stereocenters. The third-order valence-corrected chi connectivity index (χ3v) is 2.38. The molecule has 0 aromatic heterocycles. The molecule has 0 saturated carbocycles. The molecule has 1 atom stereocenters. The SMILES string of the molecule is O=C1CC=CC=CC1c1ccccc1. The van der Waals surface area contributed by atoms with Crippen molar-refractivity contribution in [2.75, 3.05) is 0 Å². The van der Waals surface area contributed by atoms with E-state index in [1.54, 1.807) is 0 Å². The molecule has 0 heterocycles. The molecule has 0 radical (unpaired) electrons. The number of Topliss-reactive ketones (excluding diaryl/α,β-unsaturated/α-hetero) is 1. The highest BCUT2D eigenvalue weighted by Crippen LogP contribution is 2.21. The fourth-order valence-corrected chi connectivity index (χ4v) is 1.63. The van der Waals surface area contributed by atoms with Crippen LogP contribution in [0.15, 0.2) is 54.6 Å². The number of benzene rings is 1. The van der Waals surface area contributed by atoms with Gasteiger partial charge in [0.15, 0.2) is 0 Å². The van der Waals surface area contributed by atoms with E-state index in [-0.39, 0.29) is 11.7 Å². The smallest absolute Gasteiger partial charge is 0.147 e. The van der Waals surface area contributed by atoms with Gasteiger partial charge in [-0.3, -0.25) is 4.79 Å². The topological polar surface area (TPSA) is 17.1 Å². The minimum Gasteiger partial charge on any atom is -0.298 e. The summed E-state index contributed by atoms with van der Waals surface area (Å²) < 4.78 is 0. The van der Waals surface area contributed by atoms with Crippen molar-refractivity contribution in [1.82, 2.24) is 0 Å². The van der Waals surface area contributed by atoms with Crippen molar-refractivity contribution >= 4 is 5.78 Å². The van der Waals surface area contributed by atoms with E-state index < -0.39 is 0 Å². The van der Waals surface area contributed by atoms with Gasteiger partial charge in [-0.1, -0.05) is 54.6 Å². The van der Waals surface area contributed by atoms with Gasteiger partial charge >= 0.3 is 0 Å². The highest BCUT2D eigenvalue weighted by molar-refractivity contribution is 5.89. The molecular formula is C13H12O. The van der Waals surface area contributed by atoms with Crippen LogP contribution in [0.4, 0.5) is 0 Å². The fourth-order valence-electron chi connectivity index (χ4n) is 1.63. The van der Waals surface area contributed by atoms with E-state index >= 15 is 0 Å². The van der Waals surface area contributed by atoms with Crippen LogP contribution in [-0.2, 0) is 4.79 Å². The maximum atomic E-state index is 11.7. The van der Waals surface area contributed by atoms with Crippen LogP contribution in [0.1, 0.15) is 17.9 Å². The molecule has 0 amide bonds. The first-order valence-corrected chi connectivity index (χ1v) is 4.79. The van der Waals surface area contributed by atoms with Gasteiger partial charge in [-0.05, 0) is 5.56 Å². The van der Waals surface area contributed by atoms with Crippen LogP contribution >= 0.6 is 0 Å². The predicted octanol–water partition coefficient (Wildman–Crippen LogP) is 2.86. The van der Waals surface area contributed by atoms with Crippen molar-refractivity contribution < 1.29 is 4.79 Å². The quantitative estimate of drug-likeness (QED) is 0.656. The van der Waals surface area contributed by atoms with Gasteiger partial charge in [-0.15, -0.1) is 0 Å². The molecule has 0 spiro atoms. The number of carbonyl (C=O) groups is 1. The van der Waals surface area contributed by atoms with Crippen LogP contribution in [0.3, 0.4) is 0 Å². The van der Waals surface area contributed by atoms with Crippen molar-refractivity contribution in [1.29, 1.82) is 0 Å². The lowest BCUT2D eigenvalue weighted by molar-refractivity contribution is -0.118. The van der Waals surface area contributed by atoms with Crippen molar-refractivity contribution in [3.8, 4) is 0 Å². The molecule has 1 aliphatic carbocycles. The summed E-state index contributed by atoms with van der Waals surface area (Å²) in [5.41, 5.74) is 1.08. The van der Waals surface area contributed by atoms with Crippen molar-refractivity contribution in [3.63, 3.8) is 0 Å². The number of hydrogen-bond donors (Lipinski definition) is 0. The van der Waals surface area contributed by atoms with Crippen LogP contribution in [0.5, 0.6) is 0 Å². The second-order valence-electron chi connectivity index (χ2n) is 3.37. The largest absolute Gasteiger partial charge is 0.298 e. The Labute approximate surface area is 83.8 Å². The van der Waals surface area contributed by atoms with Crippen LogP contribution < -0.4 is 0 Å². The van der Waals surface area contributed by atoms with E-state index in [1.807, 2.05) is 54.6 Å². The van der Waals surface area contributed by atoms with E-state index in [1.165, 1.54) is 0 Å². The van der Waals surface area contributed by atoms with Gasteiger partial charge in [0.1, 0.15) is 5.78 Å². The Morgan fingerprint density at radius 3 is 2.64 bits per heavy atom. The number of ketones is 1. The third kappa shape index (κ3) is 1.82. The van der Waals surface area contributed by atoms with E-state index in [4.69, 9.17) is 0 Å². The lowest BCUT2D eigenvalue weighted by Crippen LogP contribution is -2.08. The predicted molar refractivity (Wildman–Crippen MR) is 57.1 cm³/mol. The van der Waals surface area contributed by atoms with E-state index in [2.05, 4.69) is 0 Å². The number of allylic oxidation sites excluding steroid dienone is 4. The Bertz CT molecular complexity index is 373. The Morgan fingerprint density at radius 1 is 1.07 bits per heavy atom. The Hall–Kier alpha value is -1.63. The molecule has 0 saturated heterocycles. The number of carbonyl (C=O) groups excluding carboxylic acids is 1. The summed E-state index contributed by atoms with van der Waals surface area (Å²) in [4.78, 5) is 11.7.